The van der Waals surface area contributed by atoms with E-state index in [4.69, 9.17) is 0 Å². The molecule has 3 aliphatic rings. The zero-order valence-corrected chi connectivity index (χ0v) is 13.2. The Hall–Kier alpha value is -1.40. The standard InChI is InChI=1S/C15H17BrN4O/c16-13-9-20-7-11(1-2-14(20)18-13)15(21)17-12-8-19-5-3-10(12)4-6-19/h1-2,7,9-10,12H,3-6,8H2,(H,17,21). The molecule has 1 amide bonds. The lowest BCUT2D eigenvalue weighted by Crippen LogP contribution is -2.57. The maximum Gasteiger partial charge on any atom is 0.253 e. The van der Waals surface area contributed by atoms with E-state index in [0.717, 1.165) is 16.8 Å². The van der Waals surface area contributed by atoms with Gasteiger partial charge in [-0.3, -0.25) is 4.79 Å². The van der Waals surface area contributed by atoms with Gasteiger partial charge in [0.1, 0.15) is 10.3 Å². The summed E-state index contributed by atoms with van der Waals surface area (Å²) in [7, 11) is 0. The Balaban J connectivity index is 1.53. The van der Waals surface area contributed by atoms with E-state index in [-0.39, 0.29) is 5.91 Å². The van der Waals surface area contributed by atoms with Crippen molar-refractivity contribution < 1.29 is 4.79 Å². The number of carbonyl (C=O) groups excluding carboxylic acids is 1. The molecule has 2 aromatic heterocycles. The number of amides is 1. The molecule has 3 fully saturated rings. The number of nitrogens with zero attached hydrogens (tertiary/aromatic N) is 3. The summed E-state index contributed by atoms with van der Waals surface area (Å²) in [4.78, 5) is 19.2. The molecule has 110 valence electrons. The van der Waals surface area contributed by atoms with Crippen LogP contribution in [0.3, 0.4) is 0 Å². The average Bonchev–Trinajstić information content (AvgIpc) is 2.87. The molecule has 5 heterocycles. The van der Waals surface area contributed by atoms with Crippen LogP contribution in [0.2, 0.25) is 0 Å². The van der Waals surface area contributed by atoms with Crippen LogP contribution in [-0.4, -0.2) is 45.9 Å². The van der Waals surface area contributed by atoms with E-state index < -0.39 is 0 Å². The molecule has 0 radical (unpaired) electrons. The minimum absolute atomic E-state index is 0.0143. The van der Waals surface area contributed by atoms with Crippen molar-refractivity contribution in [3.05, 3.63) is 34.7 Å². The largest absolute Gasteiger partial charge is 0.348 e. The molecule has 0 saturated carbocycles. The average molecular weight is 349 g/mol. The van der Waals surface area contributed by atoms with Gasteiger partial charge in [0, 0.05) is 25.0 Å². The summed E-state index contributed by atoms with van der Waals surface area (Å²) in [6, 6.07) is 4.01. The Labute approximate surface area is 131 Å². The minimum atomic E-state index is 0.0143. The molecule has 1 atom stereocenters. The molecule has 1 unspecified atom stereocenters. The number of piperidine rings is 3. The predicted molar refractivity (Wildman–Crippen MR) is 83.3 cm³/mol. The van der Waals surface area contributed by atoms with E-state index in [0.29, 0.717) is 17.5 Å². The maximum atomic E-state index is 12.5. The van der Waals surface area contributed by atoms with E-state index in [1.807, 2.05) is 28.9 Å². The lowest BCUT2D eigenvalue weighted by atomic mass is 9.84. The highest BCUT2D eigenvalue weighted by atomic mass is 79.9. The van der Waals surface area contributed by atoms with Crippen LogP contribution in [0.25, 0.3) is 5.65 Å². The molecule has 0 aromatic carbocycles. The van der Waals surface area contributed by atoms with Gasteiger partial charge in [-0.1, -0.05) is 0 Å². The first-order valence-corrected chi connectivity index (χ1v) is 8.16. The third kappa shape index (κ3) is 2.46. The first-order valence-electron chi connectivity index (χ1n) is 7.36. The second-order valence-corrected chi connectivity index (χ2v) is 6.78. The van der Waals surface area contributed by atoms with Crippen LogP contribution in [0.15, 0.2) is 29.1 Å². The van der Waals surface area contributed by atoms with Crippen molar-refractivity contribution >= 4 is 27.5 Å². The summed E-state index contributed by atoms with van der Waals surface area (Å²) < 4.78 is 2.65. The van der Waals surface area contributed by atoms with E-state index in [2.05, 4.69) is 31.1 Å². The van der Waals surface area contributed by atoms with Gasteiger partial charge >= 0.3 is 0 Å². The maximum absolute atomic E-state index is 12.5. The first-order chi connectivity index (χ1) is 10.2. The van der Waals surface area contributed by atoms with E-state index in [1.54, 1.807) is 0 Å². The number of halogens is 1. The molecule has 21 heavy (non-hydrogen) atoms. The fraction of sp³-hybridized carbons (Fsp3) is 0.467. The van der Waals surface area contributed by atoms with Crippen molar-refractivity contribution in [2.75, 3.05) is 19.6 Å². The van der Waals surface area contributed by atoms with E-state index in [9.17, 15) is 4.79 Å². The molecule has 5 nitrogen and oxygen atoms in total. The number of aromatic nitrogens is 2. The monoisotopic (exact) mass is 348 g/mol. The zero-order valence-electron chi connectivity index (χ0n) is 11.6. The van der Waals surface area contributed by atoms with Gasteiger partial charge in [-0.2, -0.15) is 0 Å². The Morgan fingerprint density at radius 3 is 2.81 bits per heavy atom. The van der Waals surface area contributed by atoms with Gasteiger partial charge in [-0.05, 0) is 59.9 Å². The van der Waals surface area contributed by atoms with Gasteiger partial charge in [0.05, 0.1) is 5.56 Å². The molecule has 3 aliphatic heterocycles. The molecule has 2 bridgehead atoms. The number of pyridine rings is 1. The van der Waals surface area contributed by atoms with Gasteiger partial charge < -0.3 is 14.6 Å². The summed E-state index contributed by atoms with van der Waals surface area (Å²) in [5.41, 5.74) is 1.52. The Bertz CT molecular complexity index is 690. The SMILES string of the molecule is O=C(NC1CN2CCC1CC2)c1ccc2nc(Br)cn2c1. The van der Waals surface area contributed by atoms with Crippen molar-refractivity contribution in [2.45, 2.75) is 18.9 Å². The number of rotatable bonds is 2. The van der Waals surface area contributed by atoms with Gasteiger partial charge in [-0.15, -0.1) is 0 Å². The number of nitrogens with one attached hydrogen (secondary N) is 1. The second kappa shape index (κ2) is 5.10. The molecule has 6 heteroatoms. The normalized spacial score (nSPS) is 28.0. The van der Waals surface area contributed by atoms with Crippen molar-refractivity contribution in [3.63, 3.8) is 0 Å². The lowest BCUT2D eigenvalue weighted by Gasteiger charge is -2.44. The Kier molecular flexibility index (Phi) is 3.23. The van der Waals surface area contributed by atoms with Crippen LogP contribution >= 0.6 is 15.9 Å². The molecule has 0 aliphatic carbocycles. The summed E-state index contributed by atoms with van der Waals surface area (Å²) in [6.07, 6.45) is 6.11. The van der Waals surface area contributed by atoms with Gasteiger partial charge in [0.2, 0.25) is 0 Å². The van der Waals surface area contributed by atoms with Crippen molar-refractivity contribution in [3.8, 4) is 0 Å². The third-order valence-corrected chi connectivity index (χ3v) is 5.04. The van der Waals surface area contributed by atoms with Crippen LogP contribution in [0.5, 0.6) is 0 Å². The quantitative estimate of drug-likeness (QED) is 0.901. The van der Waals surface area contributed by atoms with Crippen molar-refractivity contribution in [2.24, 2.45) is 5.92 Å². The van der Waals surface area contributed by atoms with Gasteiger partial charge in [0.15, 0.2) is 0 Å². The summed E-state index contributed by atoms with van der Waals surface area (Å²) in [5.74, 6) is 0.658. The van der Waals surface area contributed by atoms with E-state index in [1.165, 1.54) is 25.9 Å². The molecule has 5 rings (SSSR count). The second-order valence-electron chi connectivity index (χ2n) is 5.96. The Morgan fingerprint density at radius 2 is 2.10 bits per heavy atom. The molecule has 0 spiro atoms. The number of fused-ring (bicyclic) bond motifs is 4. The highest BCUT2D eigenvalue weighted by Gasteiger charge is 2.34. The van der Waals surface area contributed by atoms with E-state index >= 15 is 0 Å². The lowest BCUT2D eigenvalue weighted by molar-refractivity contribution is 0.0620. The predicted octanol–water partition coefficient (Wildman–Crippen LogP) is 1.92. The number of imidazole rings is 1. The summed E-state index contributed by atoms with van der Waals surface area (Å²) in [6.45, 7) is 3.37. The Morgan fingerprint density at radius 1 is 1.29 bits per heavy atom. The van der Waals surface area contributed by atoms with Gasteiger partial charge in [-0.25, -0.2) is 4.98 Å². The highest BCUT2D eigenvalue weighted by molar-refractivity contribution is 9.10. The van der Waals surface area contributed by atoms with Crippen molar-refractivity contribution in [1.29, 1.82) is 0 Å². The van der Waals surface area contributed by atoms with Gasteiger partial charge in [0.25, 0.3) is 5.91 Å². The first kappa shape index (κ1) is 13.3. The zero-order chi connectivity index (χ0) is 14.4. The molecular formula is C15H17BrN4O. The molecule has 1 N–H and O–H groups in total. The van der Waals surface area contributed by atoms with Crippen LogP contribution in [-0.2, 0) is 0 Å². The molecular weight excluding hydrogens is 332 g/mol. The fourth-order valence-corrected chi connectivity index (χ4v) is 3.88. The minimum Gasteiger partial charge on any atom is -0.348 e. The number of carbonyl (C=O) groups is 1. The van der Waals surface area contributed by atoms with Crippen LogP contribution < -0.4 is 5.32 Å². The summed E-state index contributed by atoms with van der Waals surface area (Å²) in [5, 5.41) is 3.21. The smallest absolute Gasteiger partial charge is 0.253 e. The van der Waals surface area contributed by atoms with Crippen LogP contribution in [0, 0.1) is 5.92 Å². The van der Waals surface area contributed by atoms with Crippen LogP contribution in [0.4, 0.5) is 0 Å². The number of hydrogen-bond donors (Lipinski definition) is 1. The fourth-order valence-electron chi connectivity index (χ4n) is 3.48. The topological polar surface area (TPSA) is 49.6 Å². The number of hydrogen-bond acceptors (Lipinski definition) is 3. The van der Waals surface area contributed by atoms with Crippen LogP contribution in [0.1, 0.15) is 23.2 Å². The third-order valence-electron chi connectivity index (χ3n) is 4.66. The van der Waals surface area contributed by atoms with Crippen molar-refractivity contribution in [1.82, 2.24) is 19.6 Å². The molecule has 3 saturated heterocycles. The molecule has 2 aromatic rings. The summed E-state index contributed by atoms with van der Waals surface area (Å²) >= 11 is 3.35. The highest BCUT2D eigenvalue weighted by Crippen LogP contribution is 2.27.